The van der Waals surface area contributed by atoms with Crippen molar-refractivity contribution in [2.75, 3.05) is 10.7 Å². The van der Waals surface area contributed by atoms with Crippen molar-refractivity contribution >= 4 is 17.5 Å². The summed E-state index contributed by atoms with van der Waals surface area (Å²) in [5, 5.41) is 5.86. The average Bonchev–Trinajstić information content (AvgIpc) is 2.27. The molecule has 0 aromatic carbocycles. The van der Waals surface area contributed by atoms with Gasteiger partial charge in [0.2, 0.25) is 5.91 Å². The van der Waals surface area contributed by atoms with Gasteiger partial charge in [-0.15, -0.1) is 0 Å². The first-order chi connectivity index (χ1) is 8.31. The fourth-order valence-corrected chi connectivity index (χ4v) is 1.28. The van der Waals surface area contributed by atoms with E-state index in [1.807, 2.05) is 20.8 Å². The van der Waals surface area contributed by atoms with Gasteiger partial charge in [0.1, 0.15) is 24.0 Å². The summed E-state index contributed by atoms with van der Waals surface area (Å²) in [6, 6.07) is 1.23. The van der Waals surface area contributed by atoms with E-state index in [2.05, 4.69) is 26.0 Å². The van der Waals surface area contributed by atoms with Gasteiger partial charge < -0.3 is 16.1 Å². The van der Waals surface area contributed by atoms with Gasteiger partial charge in [0, 0.05) is 11.6 Å². The third-order valence-corrected chi connectivity index (χ3v) is 2.07. The van der Waals surface area contributed by atoms with Crippen molar-refractivity contribution in [3.05, 3.63) is 12.4 Å². The molecule has 0 bridgehead atoms. The summed E-state index contributed by atoms with van der Waals surface area (Å²) in [6.07, 6.45) is 1.37. The van der Waals surface area contributed by atoms with Crippen LogP contribution in [0.5, 0.6) is 0 Å². The van der Waals surface area contributed by atoms with Crippen LogP contribution in [0.4, 0.5) is 11.6 Å². The second kappa shape index (κ2) is 5.63. The number of nitrogens with zero attached hydrogens (tertiary/aromatic N) is 2. The quantitative estimate of drug-likeness (QED) is 0.459. The molecule has 1 aromatic rings. The van der Waals surface area contributed by atoms with Crippen LogP contribution in [0.2, 0.25) is 0 Å². The molecule has 0 aliphatic rings. The van der Waals surface area contributed by atoms with Crippen LogP contribution >= 0.6 is 0 Å². The average molecular weight is 252 g/mol. The van der Waals surface area contributed by atoms with Gasteiger partial charge in [-0.25, -0.2) is 15.8 Å². The molecule has 1 heterocycles. The van der Waals surface area contributed by atoms with Crippen LogP contribution in [0.3, 0.4) is 0 Å². The highest BCUT2D eigenvalue weighted by Crippen LogP contribution is 2.09. The van der Waals surface area contributed by atoms with Crippen LogP contribution in [0.25, 0.3) is 0 Å². The number of nitrogen functional groups attached to an aromatic ring is 1. The Morgan fingerprint density at radius 2 is 1.94 bits per heavy atom. The van der Waals surface area contributed by atoms with Crippen LogP contribution in [0.15, 0.2) is 12.4 Å². The lowest BCUT2D eigenvalue weighted by Gasteiger charge is -2.23. The largest absolute Gasteiger partial charge is 0.358 e. The predicted octanol–water partition coefficient (Wildman–Crippen LogP) is 0.477. The van der Waals surface area contributed by atoms with E-state index in [1.54, 1.807) is 13.0 Å². The van der Waals surface area contributed by atoms with Gasteiger partial charge in [0.05, 0.1) is 0 Å². The summed E-state index contributed by atoms with van der Waals surface area (Å²) < 4.78 is 0. The van der Waals surface area contributed by atoms with Gasteiger partial charge in [-0.05, 0) is 27.7 Å². The lowest BCUT2D eigenvalue weighted by molar-refractivity contribution is -0.122. The Morgan fingerprint density at radius 1 is 1.33 bits per heavy atom. The molecule has 1 amide bonds. The first kappa shape index (κ1) is 14.2. The van der Waals surface area contributed by atoms with E-state index in [4.69, 9.17) is 5.84 Å². The molecule has 0 saturated heterocycles. The van der Waals surface area contributed by atoms with E-state index in [9.17, 15) is 4.79 Å². The second-order valence-corrected chi connectivity index (χ2v) is 5.04. The summed E-state index contributed by atoms with van der Waals surface area (Å²) in [4.78, 5) is 19.8. The number of nitrogens with one attached hydrogen (secondary N) is 3. The zero-order chi connectivity index (χ0) is 13.8. The number of nitrogens with two attached hydrogens (primary N) is 1. The normalized spacial score (nSPS) is 12.7. The molecule has 1 aromatic heterocycles. The fraction of sp³-hybridized carbons (Fsp3) is 0.545. The molecule has 1 rings (SSSR count). The van der Waals surface area contributed by atoms with E-state index < -0.39 is 6.04 Å². The molecule has 1 atom stereocenters. The van der Waals surface area contributed by atoms with Crippen molar-refractivity contribution in [2.24, 2.45) is 5.84 Å². The monoisotopic (exact) mass is 252 g/mol. The van der Waals surface area contributed by atoms with Crippen LogP contribution in [0, 0.1) is 0 Å². The molecular weight excluding hydrogens is 232 g/mol. The number of rotatable bonds is 4. The Bertz CT molecular complexity index is 414. The van der Waals surface area contributed by atoms with E-state index >= 15 is 0 Å². The second-order valence-electron chi connectivity index (χ2n) is 5.04. The minimum atomic E-state index is -0.398. The number of aromatic nitrogens is 2. The molecule has 0 aliphatic heterocycles. The van der Waals surface area contributed by atoms with Gasteiger partial charge >= 0.3 is 0 Å². The predicted molar refractivity (Wildman–Crippen MR) is 70.8 cm³/mol. The highest BCUT2D eigenvalue weighted by Gasteiger charge is 2.19. The lowest BCUT2D eigenvalue weighted by atomic mass is 10.1. The maximum atomic E-state index is 11.9. The number of anilines is 2. The Balaban J connectivity index is 2.63. The summed E-state index contributed by atoms with van der Waals surface area (Å²) in [5.74, 6) is 6.17. The number of carbonyl (C=O) groups excluding carboxylic acids is 1. The minimum Gasteiger partial charge on any atom is -0.358 e. The standard InChI is InChI=1S/C11H20N6O/c1-7(10(18)16-11(2,3)4)15-8-5-9(17-12)14-6-13-8/h5-7H,12H2,1-4H3,(H,16,18)(H2,13,14,15,17). The molecule has 0 fully saturated rings. The Labute approximate surface area is 107 Å². The third-order valence-electron chi connectivity index (χ3n) is 2.07. The van der Waals surface area contributed by atoms with Gasteiger partial charge in [0.15, 0.2) is 0 Å². The Hall–Kier alpha value is -1.89. The Kier molecular flexibility index (Phi) is 4.43. The molecule has 0 radical (unpaired) electrons. The van der Waals surface area contributed by atoms with Crippen molar-refractivity contribution in [3.8, 4) is 0 Å². The van der Waals surface area contributed by atoms with Gasteiger partial charge in [-0.3, -0.25) is 4.79 Å². The first-order valence-corrected chi connectivity index (χ1v) is 5.69. The molecule has 1 unspecified atom stereocenters. The zero-order valence-electron chi connectivity index (χ0n) is 11.1. The fourth-order valence-electron chi connectivity index (χ4n) is 1.28. The van der Waals surface area contributed by atoms with E-state index in [0.29, 0.717) is 11.6 Å². The van der Waals surface area contributed by atoms with E-state index in [0.717, 1.165) is 0 Å². The molecule has 0 saturated carbocycles. The van der Waals surface area contributed by atoms with Crippen molar-refractivity contribution in [1.29, 1.82) is 0 Å². The van der Waals surface area contributed by atoms with Crippen LogP contribution in [-0.4, -0.2) is 27.5 Å². The van der Waals surface area contributed by atoms with Crippen LogP contribution < -0.4 is 21.9 Å². The number of amides is 1. The van der Waals surface area contributed by atoms with Crippen LogP contribution in [0.1, 0.15) is 27.7 Å². The SMILES string of the molecule is CC(Nc1cc(NN)ncn1)C(=O)NC(C)(C)C. The highest BCUT2D eigenvalue weighted by atomic mass is 16.2. The van der Waals surface area contributed by atoms with E-state index in [-0.39, 0.29) is 11.4 Å². The Morgan fingerprint density at radius 3 is 2.50 bits per heavy atom. The maximum Gasteiger partial charge on any atom is 0.242 e. The lowest BCUT2D eigenvalue weighted by Crippen LogP contribution is -2.47. The molecule has 7 heteroatoms. The molecule has 0 spiro atoms. The zero-order valence-corrected chi connectivity index (χ0v) is 11.1. The number of hydrogen-bond donors (Lipinski definition) is 4. The van der Waals surface area contributed by atoms with Crippen LogP contribution in [-0.2, 0) is 4.79 Å². The van der Waals surface area contributed by atoms with Crippen molar-refractivity contribution < 1.29 is 4.79 Å². The molecule has 0 aliphatic carbocycles. The molecule has 18 heavy (non-hydrogen) atoms. The molecule has 100 valence electrons. The number of hydrogen-bond acceptors (Lipinski definition) is 6. The summed E-state index contributed by atoms with van der Waals surface area (Å²) >= 11 is 0. The van der Waals surface area contributed by atoms with Crippen molar-refractivity contribution in [2.45, 2.75) is 39.3 Å². The smallest absolute Gasteiger partial charge is 0.242 e. The van der Waals surface area contributed by atoms with Gasteiger partial charge in [-0.1, -0.05) is 0 Å². The summed E-state index contributed by atoms with van der Waals surface area (Å²) in [5.41, 5.74) is 2.16. The summed E-state index contributed by atoms with van der Waals surface area (Å²) in [6.45, 7) is 7.55. The maximum absolute atomic E-state index is 11.9. The molecular formula is C11H20N6O. The molecule has 5 N–H and O–H groups in total. The van der Waals surface area contributed by atoms with Crippen molar-refractivity contribution in [3.63, 3.8) is 0 Å². The summed E-state index contributed by atoms with van der Waals surface area (Å²) in [7, 11) is 0. The van der Waals surface area contributed by atoms with Gasteiger partial charge in [0.25, 0.3) is 0 Å². The van der Waals surface area contributed by atoms with Crippen molar-refractivity contribution in [1.82, 2.24) is 15.3 Å². The van der Waals surface area contributed by atoms with Gasteiger partial charge in [-0.2, -0.15) is 0 Å². The van der Waals surface area contributed by atoms with E-state index in [1.165, 1.54) is 6.33 Å². The first-order valence-electron chi connectivity index (χ1n) is 5.69. The third kappa shape index (κ3) is 4.54. The number of hydrazine groups is 1. The molecule has 7 nitrogen and oxygen atoms in total. The topological polar surface area (TPSA) is 105 Å². The number of carbonyl (C=O) groups is 1. The highest BCUT2D eigenvalue weighted by molar-refractivity contribution is 5.84. The minimum absolute atomic E-state index is 0.0941.